The average Bonchev–Trinajstić information content (AvgIpc) is 2.53. The van der Waals surface area contributed by atoms with Gasteiger partial charge in [0.15, 0.2) is 0 Å². The predicted octanol–water partition coefficient (Wildman–Crippen LogP) is 5.59. The molecule has 3 atom stereocenters. The number of benzene rings is 2. The number of hydrogen-bond donors (Lipinski definition) is 1. The van der Waals surface area contributed by atoms with E-state index in [0.29, 0.717) is 5.54 Å². The summed E-state index contributed by atoms with van der Waals surface area (Å²) in [4.78, 5) is 0. The molecule has 1 nitrogen and oxygen atoms in total. The second-order valence-corrected chi connectivity index (χ2v) is 12.9. The van der Waals surface area contributed by atoms with Gasteiger partial charge in [0.25, 0.3) is 0 Å². The van der Waals surface area contributed by atoms with E-state index >= 15 is 0 Å². The first kappa shape index (κ1) is 18.0. The molecule has 2 heteroatoms. The van der Waals surface area contributed by atoms with Crippen molar-refractivity contribution in [2.45, 2.75) is 57.0 Å². The summed E-state index contributed by atoms with van der Waals surface area (Å²) in [6.07, 6.45) is 1.57. The van der Waals surface area contributed by atoms with Crippen LogP contribution in [0.2, 0.25) is 19.6 Å². The summed E-state index contributed by atoms with van der Waals surface area (Å²) in [5, 5.41) is 11.0. The molecule has 124 valence electrons. The summed E-state index contributed by atoms with van der Waals surface area (Å²) >= 11 is 0. The van der Waals surface area contributed by atoms with Crippen molar-refractivity contribution in [3.05, 3.63) is 71.8 Å². The largest absolute Gasteiger partial charge is 0.392 e. The Morgan fingerprint density at radius 2 is 1.30 bits per heavy atom. The van der Waals surface area contributed by atoms with Crippen LogP contribution in [0.4, 0.5) is 0 Å². The molecule has 0 aliphatic carbocycles. The Morgan fingerprint density at radius 3 is 1.74 bits per heavy atom. The molecule has 1 N–H and O–H groups in total. The Balaban J connectivity index is 2.53. The summed E-state index contributed by atoms with van der Waals surface area (Å²) < 4.78 is 0. The Labute approximate surface area is 142 Å². The maximum atomic E-state index is 11.0. The number of hydrogen-bond acceptors (Lipinski definition) is 1. The van der Waals surface area contributed by atoms with E-state index in [1.807, 2.05) is 0 Å². The first-order chi connectivity index (χ1) is 10.9. The number of aliphatic hydroxyl groups is 1. The highest BCUT2D eigenvalue weighted by molar-refractivity contribution is 6.77. The van der Waals surface area contributed by atoms with Crippen LogP contribution < -0.4 is 0 Å². The van der Waals surface area contributed by atoms with E-state index < -0.39 is 8.07 Å². The van der Waals surface area contributed by atoms with Crippen LogP contribution in [0, 0.1) is 0 Å². The lowest BCUT2D eigenvalue weighted by molar-refractivity contribution is 0.128. The molecule has 0 radical (unpaired) electrons. The maximum absolute atomic E-state index is 11.0. The molecule has 2 rings (SSSR count). The first-order valence-corrected chi connectivity index (χ1v) is 12.3. The molecule has 2 aromatic carbocycles. The zero-order valence-corrected chi connectivity index (χ0v) is 15.9. The zero-order valence-electron chi connectivity index (χ0n) is 14.9. The molecule has 0 aliphatic heterocycles. The van der Waals surface area contributed by atoms with E-state index in [4.69, 9.17) is 0 Å². The Kier molecular flexibility index (Phi) is 6.20. The van der Waals surface area contributed by atoms with Crippen LogP contribution in [-0.2, 0) is 0 Å². The smallest absolute Gasteiger partial charge is 0.0611 e. The van der Waals surface area contributed by atoms with Crippen molar-refractivity contribution in [2.75, 3.05) is 0 Å². The summed E-state index contributed by atoms with van der Waals surface area (Å²) in [6, 6.07) is 21.4. The molecule has 2 aromatic rings. The highest BCUT2D eigenvalue weighted by atomic mass is 28.3. The number of aliphatic hydroxyl groups excluding tert-OH is 1. The van der Waals surface area contributed by atoms with Crippen LogP contribution in [0.1, 0.15) is 42.4 Å². The summed E-state index contributed by atoms with van der Waals surface area (Å²) in [5.74, 6) is 0.171. The molecule has 23 heavy (non-hydrogen) atoms. The van der Waals surface area contributed by atoms with Crippen molar-refractivity contribution < 1.29 is 5.11 Å². The minimum atomic E-state index is -1.53. The van der Waals surface area contributed by atoms with Gasteiger partial charge in [0.1, 0.15) is 0 Å². The fraction of sp³-hybridized carbons (Fsp3) is 0.429. The Hall–Kier alpha value is -1.38. The topological polar surface area (TPSA) is 20.2 Å². The fourth-order valence-electron chi connectivity index (χ4n) is 3.69. The van der Waals surface area contributed by atoms with Gasteiger partial charge in [-0.25, -0.2) is 0 Å². The van der Waals surface area contributed by atoms with Gasteiger partial charge < -0.3 is 5.11 Å². The number of rotatable bonds is 7. The van der Waals surface area contributed by atoms with E-state index in [0.717, 1.165) is 12.8 Å². The summed E-state index contributed by atoms with van der Waals surface area (Å²) in [7, 11) is -1.53. The lowest BCUT2D eigenvalue weighted by Gasteiger charge is -2.39. The van der Waals surface area contributed by atoms with Gasteiger partial charge in [0.05, 0.1) is 14.2 Å². The molecule has 0 heterocycles. The standard InChI is InChI=1S/C21H30OSi/c1-5-12-19(22)20(17-13-8-6-9-14-17)21(23(2,3)4)18-15-10-7-11-16-18/h6-11,13-16,19-22H,5,12H2,1-4H3. The van der Waals surface area contributed by atoms with E-state index in [1.165, 1.54) is 11.1 Å². The zero-order chi connectivity index (χ0) is 16.9. The van der Waals surface area contributed by atoms with Crippen LogP contribution in [0.15, 0.2) is 60.7 Å². The van der Waals surface area contributed by atoms with Crippen molar-refractivity contribution in [3.63, 3.8) is 0 Å². The third-order valence-corrected chi connectivity index (χ3v) is 7.19. The van der Waals surface area contributed by atoms with Crippen LogP contribution in [-0.4, -0.2) is 19.3 Å². The van der Waals surface area contributed by atoms with Gasteiger partial charge in [0.2, 0.25) is 0 Å². The Morgan fingerprint density at radius 1 is 0.826 bits per heavy atom. The van der Waals surface area contributed by atoms with Gasteiger partial charge in [-0.1, -0.05) is 93.6 Å². The van der Waals surface area contributed by atoms with Gasteiger partial charge in [0, 0.05) is 5.92 Å². The third-order valence-electron chi connectivity index (χ3n) is 4.63. The fourth-order valence-corrected chi connectivity index (χ4v) is 6.38. The average molecular weight is 327 g/mol. The second kappa shape index (κ2) is 7.94. The van der Waals surface area contributed by atoms with Crippen LogP contribution in [0.25, 0.3) is 0 Å². The van der Waals surface area contributed by atoms with Crippen LogP contribution >= 0.6 is 0 Å². The van der Waals surface area contributed by atoms with Crippen molar-refractivity contribution >= 4 is 8.07 Å². The minimum Gasteiger partial charge on any atom is -0.392 e. The SMILES string of the molecule is CCCC(O)C(c1ccccc1)C(c1ccccc1)[Si](C)(C)C. The maximum Gasteiger partial charge on any atom is 0.0611 e. The molecule has 0 aliphatic rings. The monoisotopic (exact) mass is 326 g/mol. The molecule has 0 fully saturated rings. The van der Waals surface area contributed by atoms with Gasteiger partial charge in [-0.3, -0.25) is 0 Å². The molecule has 0 bridgehead atoms. The van der Waals surface area contributed by atoms with Crippen molar-refractivity contribution in [3.8, 4) is 0 Å². The quantitative estimate of drug-likeness (QED) is 0.657. The van der Waals surface area contributed by atoms with E-state index in [1.54, 1.807) is 0 Å². The lowest BCUT2D eigenvalue weighted by Crippen LogP contribution is -2.39. The first-order valence-electron chi connectivity index (χ1n) is 8.73. The van der Waals surface area contributed by atoms with Crippen molar-refractivity contribution in [2.24, 2.45) is 0 Å². The lowest BCUT2D eigenvalue weighted by atomic mass is 9.85. The predicted molar refractivity (Wildman–Crippen MR) is 103 cm³/mol. The molecule has 0 saturated heterocycles. The molecule has 0 amide bonds. The molecule has 0 saturated carbocycles. The van der Waals surface area contributed by atoms with Crippen molar-refractivity contribution in [1.82, 2.24) is 0 Å². The van der Waals surface area contributed by atoms with E-state index in [2.05, 4.69) is 87.2 Å². The highest BCUT2D eigenvalue weighted by Gasteiger charge is 2.39. The van der Waals surface area contributed by atoms with Crippen molar-refractivity contribution in [1.29, 1.82) is 0 Å². The molecular weight excluding hydrogens is 296 g/mol. The van der Waals surface area contributed by atoms with Gasteiger partial charge >= 0.3 is 0 Å². The highest BCUT2D eigenvalue weighted by Crippen LogP contribution is 2.42. The van der Waals surface area contributed by atoms with Gasteiger partial charge in [-0.15, -0.1) is 0 Å². The molecular formula is C21H30OSi. The summed E-state index contributed by atoms with van der Waals surface area (Å²) in [5.41, 5.74) is 3.05. The minimum absolute atomic E-state index is 0.171. The van der Waals surface area contributed by atoms with Crippen LogP contribution in [0.3, 0.4) is 0 Å². The normalized spacial score (nSPS) is 15.9. The van der Waals surface area contributed by atoms with E-state index in [-0.39, 0.29) is 12.0 Å². The molecule has 0 spiro atoms. The third kappa shape index (κ3) is 4.55. The second-order valence-electron chi connectivity index (χ2n) is 7.55. The molecule has 0 aromatic heterocycles. The summed E-state index contributed by atoms with van der Waals surface area (Å²) in [6.45, 7) is 9.40. The van der Waals surface area contributed by atoms with Gasteiger partial charge in [-0.05, 0) is 23.1 Å². The Bertz CT molecular complexity index is 574. The van der Waals surface area contributed by atoms with Gasteiger partial charge in [-0.2, -0.15) is 0 Å². The van der Waals surface area contributed by atoms with Crippen LogP contribution in [0.5, 0.6) is 0 Å². The van der Waals surface area contributed by atoms with E-state index in [9.17, 15) is 5.11 Å². The molecule has 3 unspecified atom stereocenters.